The molecule has 0 aromatic heterocycles. The molecule has 1 N–H and O–H groups in total. The monoisotopic (exact) mass is 241 g/mol. The summed E-state index contributed by atoms with van der Waals surface area (Å²) in [6.45, 7) is 4.10. The molecule has 0 spiro atoms. The maximum atomic E-state index is 12.1. The van der Waals surface area contributed by atoms with Crippen LogP contribution < -0.4 is 0 Å². The Morgan fingerprint density at radius 3 is 2.88 bits per heavy atom. The van der Waals surface area contributed by atoms with Crippen molar-refractivity contribution >= 4 is 5.91 Å². The number of ether oxygens (including phenoxy) is 1. The maximum absolute atomic E-state index is 12.1. The summed E-state index contributed by atoms with van der Waals surface area (Å²) in [6, 6.07) is 0. The lowest BCUT2D eigenvalue weighted by Gasteiger charge is -2.35. The Balaban J connectivity index is 1.79. The van der Waals surface area contributed by atoms with Crippen LogP contribution in [0.4, 0.5) is 0 Å². The van der Waals surface area contributed by atoms with E-state index in [0.29, 0.717) is 18.9 Å². The van der Waals surface area contributed by atoms with E-state index in [0.717, 1.165) is 38.8 Å². The lowest BCUT2D eigenvalue weighted by Crippen LogP contribution is -2.46. The normalized spacial score (nSPS) is 34.7. The van der Waals surface area contributed by atoms with Gasteiger partial charge in [-0.1, -0.05) is 6.92 Å². The van der Waals surface area contributed by atoms with Crippen LogP contribution in [0.3, 0.4) is 0 Å². The molecule has 2 heterocycles. The number of rotatable bonds is 2. The van der Waals surface area contributed by atoms with Gasteiger partial charge in [0.15, 0.2) is 0 Å². The first-order valence-electron chi connectivity index (χ1n) is 6.74. The molecule has 0 saturated carbocycles. The highest BCUT2D eigenvalue weighted by Crippen LogP contribution is 2.20. The number of nitrogens with zero attached hydrogens (tertiary/aromatic N) is 1. The van der Waals surface area contributed by atoms with Crippen LogP contribution in [0.2, 0.25) is 0 Å². The highest BCUT2D eigenvalue weighted by Gasteiger charge is 2.28. The number of hydrogen-bond acceptors (Lipinski definition) is 3. The molecule has 2 aliphatic rings. The summed E-state index contributed by atoms with van der Waals surface area (Å²) in [6.07, 6.45) is 4.41. The number of aliphatic hydroxyl groups is 1. The molecule has 2 rings (SSSR count). The van der Waals surface area contributed by atoms with E-state index in [4.69, 9.17) is 4.74 Å². The van der Waals surface area contributed by atoms with Gasteiger partial charge in [-0.3, -0.25) is 4.79 Å². The second-order valence-electron chi connectivity index (χ2n) is 5.37. The van der Waals surface area contributed by atoms with Crippen molar-refractivity contribution in [3.05, 3.63) is 0 Å². The van der Waals surface area contributed by atoms with E-state index in [1.807, 2.05) is 6.92 Å². The minimum atomic E-state index is -0.361. The number of piperidine rings is 1. The van der Waals surface area contributed by atoms with Crippen molar-refractivity contribution in [1.82, 2.24) is 4.90 Å². The van der Waals surface area contributed by atoms with Gasteiger partial charge < -0.3 is 14.7 Å². The minimum absolute atomic E-state index is 0.104. The second-order valence-corrected chi connectivity index (χ2v) is 5.37. The molecule has 4 heteroatoms. The minimum Gasteiger partial charge on any atom is -0.391 e. The molecular weight excluding hydrogens is 218 g/mol. The van der Waals surface area contributed by atoms with Gasteiger partial charge in [0.2, 0.25) is 5.91 Å². The first-order chi connectivity index (χ1) is 8.16. The van der Waals surface area contributed by atoms with Crippen LogP contribution in [0, 0.1) is 5.92 Å². The molecule has 3 atom stereocenters. The van der Waals surface area contributed by atoms with Gasteiger partial charge in [-0.15, -0.1) is 0 Å². The fourth-order valence-corrected chi connectivity index (χ4v) is 2.57. The zero-order valence-corrected chi connectivity index (χ0v) is 10.6. The molecule has 2 fully saturated rings. The van der Waals surface area contributed by atoms with Gasteiger partial charge in [-0.2, -0.15) is 0 Å². The summed E-state index contributed by atoms with van der Waals surface area (Å²) < 4.78 is 5.58. The second kappa shape index (κ2) is 5.83. The number of aliphatic hydroxyl groups excluding tert-OH is 1. The Labute approximate surface area is 103 Å². The predicted molar refractivity (Wildman–Crippen MR) is 64.6 cm³/mol. The van der Waals surface area contributed by atoms with Crippen molar-refractivity contribution in [2.24, 2.45) is 5.92 Å². The lowest BCUT2D eigenvalue weighted by molar-refractivity contribution is -0.139. The molecule has 3 unspecified atom stereocenters. The Hall–Kier alpha value is -0.610. The van der Waals surface area contributed by atoms with Crippen molar-refractivity contribution in [1.29, 1.82) is 0 Å². The zero-order valence-electron chi connectivity index (χ0n) is 10.6. The average Bonchev–Trinajstić information content (AvgIpc) is 2.34. The van der Waals surface area contributed by atoms with Gasteiger partial charge in [0, 0.05) is 19.7 Å². The summed E-state index contributed by atoms with van der Waals surface area (Å²) in [5, 5.41) is 9.78. The van der Waals surface area contributed by atoms with E-state index >= 15 is 0 Å². The molecule has 4 nitrogen and oxygen atoms in total. The summed E-state index contributed by atoms with van der Waals surface area (Å²) in [4.78, 5) is 13.8. The third-order valence-electron chi connectivity index (χ3n) is 3.95. The maximum Gasteiger partial charge on any atom is 0.225 e. The van der Waals surface area contributed by atoms with E-state index in [1.54, 1.807) is 4.90 Å². The zero-order chi connectivity index (χ0) is 12.3. The van der Waals surface area contributed by atoms with E-state index in [2.05, 4.69) is 0 Å². The molecule has 0 aromatic carbocycles. The van der Waals surface area contributed by atoms with Crippen LogP contribution >= 0.6 is 0 Å². The van der Waals surface area contributed by atoms with Gasteiger partial charge in [0.05, 0.1) is 18.6 Å². The van der Waals surface area contributed by atoms with Gasteiger partial charge in [-0.05, 0) is 31.6 Å². The van der Waals surface area contributed by atoms with E-state index in [9.17, 15) is 9.90 Å². The summed E-state index contributed by atoms with van der Waals surface area (Å²) in [5.41, 5.74) is 0. The Morgan fingerprint density at radius 1 is 1.41 bits per heavy atom. The fraction of sp³-hybridized carbons (Fsp3) is 0.923. The quantitative estimate of drug-likeness (QED) is 0.789. The largest absolute Gasteiger partial charge is 0.391 e. The van der Waals surface area contributed by atoms with Crippen molar-refractivity contribution in [2.75, 3.05) is 19.7 Å². The Bertz CT molecular complexity index is 263. The van der Waals surface area contributed by atoms with Crippen LogP contribution in [0.5, 0.6) is 0 Å². The molecule has 0 aromatic rings. The van der Waals surface area contributed by atoms with Gasteiger partial charge in [0.1, 0.15) is 0 Å². The molecular formula is C13H23NO3. The Morgan fingerprint density at radius 2 is 2.24 bits per heavy atom. The molecule has 98 valence electrons. The number of hydrogen-bond donors (Lipinski definition) is 1. The van der Waals surface area contributed by atoms with Crippen LogP contribution in [0.15, 0.2) is 0 Å². The summed E-state index contributed by atoms with van der Waals surface area (Å²) >= 11 is 0. The summed E-state index contributed by atoms with van der Waals surface area (Å²) in [7, 11) is 0. The molecule has 0 bridgehead atoms. The van der Waals surface area contributed by atoms with Crippen LogP contribution in [-0.4, -0.2) is 47.8 Å². The van der Waals surface area contributed by atoms with E-state index in [-0.39, 0.29) is 18.1 Å². The third-order valence-corrected chi connectivity index (χ3v) is 3.95. The number of carbonyl (C=O) groups excluding carboxylic acids is 1. The molecule has 0 radical (unpaired) electrons. The average molecular weight is 241 g/mol. The molecule has 1 amide bonds. The number of amides is 1. The fourth-order valence-electron chi connectivity index (χ4n) is 2.57. The first-order valence-corrected chi connectivity index (χ1v) is 6.74. The lowest BCUT2D eigenvalue weighted by atomic mass is 9.95. The molecule has 0 aliphatic carbocycles. The SMILES string of the molecule is CC1CCN(C(=O)CC2CCCCO2)CC1O. The summed E-state index contributed by atoms with van der Waals surface area (Å²) in [5.74, 6) is 0.452. The van der Waals surface area contributed by atoms with E-state index in [1.165, 1.54) is 0 Å². The van der Waals surface area contributed by atoms with Crippen molar-refractivity contribution in [3.8, 4) is 0 Å². The molecule has 17 heavy (non-hydrogen) atoms. The number of likely N-dealkylation sites (tertiary alicyclic amines) is 1. The number of carbonyl (C=O) groups is 1. The third kappa shape index (κ3) is 3.42. The van der Waals surface area contributed by atoms with Crippen LogP contribution in [0.1, 0.15) is 39.0 Å². The van der Waals surface area contributed by atoms with Crippen LogP contribution in [0.25, 0.3) is 0 Å². The van der Waals surface area contributed by atoms with E-state index < -0.39 is 0 Å². The van der Waals surface area contributed by atoms with Crippen LogP contribution in [-0.2, 0) is 9.53 Å². The highest BCUT2D eigenvalue weighted by molar-refractivity contribution is 5.76. The predicted octanol–water partition coefficient (Wildman–Crippen LogP) is 1.17. The molecule has 2 saturated heterocycles. The van der Waals surface area contributed by atoms with Gasteiger partial charge >= 0.3 is 0 Å². The van der Waals surface area contributed by atoms with Crippen molar-refractivity contribution in [2.45, 2.75) is 51.2 Å². The topological polar surface area (TPSA) is 49.8 Å². The molecule has 2 aliphatic heterocycles. The highest BCUT2D eigenvalue weighted by atomic mass is 16.5. The van der Waals surface area contributed by atoms with Gasteiger partial charge in [0.25, 0.3) is 0 Å². The van der Waals surface area contributed by atoms with Crippen molar-refractivity contribution < 1.29 is 14.6 Å². The standard InChI is InChI=1S/C13H23NO3/c1-10-5-6-14(9-12(10)15)13(16)8-11-4-2-3-7-17-11/h10-12,15H,2-9H2,1H3. The first kappa shape index (κ1) is 12.8. The number of β-amino-alcohol motifs (C(OH)–C–C–N with tert-alkyl or cyclic N) is 1. The van der Waals surface area contributed by atoms with Crippen molar-refractivity contribution in [3.63, 3.8) is 0 Å². The smallest absolute Gasteiger partial charge is 0.225 e. The Kier molecular flexibility index (Phi) is 4.40. The van der Waals surface area contributed by atoms with Gasteiger partial charge in [-0.25, -0.2) is 0 Å².